The third-order valence-electron chi connectivity index (χ3n) is 5.10. The third kappa shape index (κ3) is 4.46. The first-order chi connectivity index (χ1) is 16.1. The number of hydrogen-bond donors (Lipinski definition) is 2. The third-order valence-corrected chi connectivity index (χ3v) is 6.83. The van der Waals surface area contributed by atoms with Gasteiger partial charge in [-0.2, -0.15) is 4.73 Å². The van der Waals surface area contributed by atoms with Crippen molar-refractivity contribution < 1.29 is 27.2 Å². The topological polar surface area (TPSA) is 101 Å². The van der Waals surface area contributed by atoms with E-state index in [4.69, 9.17) is 11.6 Å². The van der Waals surface area contributed by atoms with E-state index < -0.39 is 38.7 Å². The van der Waals surface area contributed by atoms with Gasteiger partial charge in [0.25, 0.3) is 0 Å². The molecule has 0 saturated carbocycles. The fraction of sp³-hybridized carbons (Fsp3) is 0.130. The first kappa shape index (κ1) is 23.7. The maximum Gasteiger partial charge on any atom is 0.232 e. The largest absolute Gasteiger partial charge is 0.427 e. The molecule has 2 heterocycles. The van der Waals surface area contributed by atoms with Gasteiger partial charge in [-0.15, -0.1) is 0 Å². The summed E-state index contributed by atoms with van der Waals surface area (Å²) >= 11 is 5.92. The molecule has 0 saturated heterocycles. The SMILES string of the molecule is CCCS(=O)(=O)Nc1ccc(F)c(C(=O)c2cnc3n(O)cc(-c4ccc(Cl)cc4)cc2-3)c1F. The van der Waals surface area contributed by atoms with Crippen molar-refractivity contribution in [2.75, 3.05) is 10.5 Å². The van der Waals surface area contributed by atoms with Gasteiger partial charge in [0.1, 0.15) is 5.82 Å². The van der Waals surface area contributed by atoms with Gasteiger partial charge < -0.3 is 5.21 Å². The fourth-order valence-corrected chi connectivity index (χ4v) is 4.80. The highest BCUT2D eigenvalue weighted by atomic mass is 35.5. The molecule has 0 aromatic heterocycles. The van der Waals surface area contributed by atoms with Crippen LogP contribution in [0.15, 0.2) is 54.9 Å². The summed E-state index contributed by atoms with van der Waals surface area (Å²) < 4.78 is 56.6. The number of hydrogen-bond acceptors (Lipinski definition) is 5. The molecular weight excluding hydrogens is 488 g/mol. The zero-order chi connectivity index (χ0) is 24.6. The second-order valence-electron chi connectivity index (χ2n) is 7.52. The molecule has 2 aromatic carbocycles. The van der Waals surface area contributed by atoms with E-state index in [1.54, 1.807) is 37.3 Å². The zero-order valence-electron chi connectivity index (χ0n) is 17.7. The second-order valence-corrected chi connectivity index (χ2v) is 9.80. The number of benzene rings is 2. The first-order valence-electron chi connectivity index (χ1n) is 10.1. The molecule has 176 valence electrons. The van der Waals surface area contributed by atoms with Gasteiger partial charge in [-0.3, -0.25) is 9.52 Å². The number of ketones is 1. The second kappa shape index (κ2) is 9.03. The highest BCUT2D eigenvalue weighted by Crippen LogP contribution is 2.34. The van der Waals surface area contributed by atoms with Gasteiger partial charge in [0.05, 0.1) is 28.8 Å². The van der Waals surface area contributed by atoms with Crippen LogP contribution in [0.25, 0.3) is 22.5 Å². The molecule has 0 unspecified atom stereocenters. The summed E-state index contributed by atoms with van der Waals surface area (Å²) in [6, 6.07) is 9.97. The van der Waals surface area contributed by atoms with Crippen LogP contribution in [0, 0.1) is 11.6 Å². The Bertz CT molecular complexity index is 1470. The average molecular weight is 506 g/mol. The number of anilines is 1. The van der Waals surface area contributed by atoms with Crippen molar-refractivity contribution in [3.05, 3.63) is 82.6 Å². The highest BCUT2D eigenvalue weighted by Gasteiger charge is 2.28. The fourth-order valence-electron chi connectivity index (χ4n) is 3.54. The molecular formula is C23H18ClF2N3O4S. The van der Waals surface area contributed by atoms with E-state index in [0.29, 0.717) is 20.9 Å². The summed E-state index contributed by atoms with van der Waals surface area (Å²) in [5.41, 5.74) is -0.335. The minimum Gasteiger partial charge on any atom is -0.427 e. The number of nitrogens with zero attached hydrogens (tertiary/aromatic N) is 2. The summed E-state index contributed by atoms with van der Waals surface area (Å²) in [5, 5.41) is 10.9. The van der Waals surface area contributed by atoms with Crippen molar-refractivity contribution in [2.24, 2.45) is 0 Å². The van der Waals surface area contributed by atoms with Gasteiger partial charge in [0, 0.05) is 22.3 Å². The molecule has 0 aliphatic carbocycles. The minimum absolute atomic E-state index is 0.00156. The number of rotatable bonds is 7. The van der Waals surface area contributed by atoms with Gasteiger partial charge in [-0.1, -0.05) is 30.7 Å². The number of pyridine rings is 1. The minimum atomic E-state index is -3.88. The van der Waals surface area contributed by atoms with Crippen LogP contribution in [-0.2, 0) is 10.0 Å². The van der Waals surface area contributed by atoms with E-state index >= 15 is 4.39 Å². The summed E-state index contributed by atoms with van der Waals surface area (Å²) in [5.74, 6) is -3.83. The molecule has 0 amide bonds. The van der Waals surface area contributed by atoms with Gasteiger partial charge in [-0.25, -0.2) is 22.2 Å². The predicted octanol–water partition coefficient (Wildman–Crippen LogP) is 5.21. The molecule has 0 bridgehead atoms. The lowest BCUT2D eigenvalue weighted by Crippen LogP contribution is -2.18. The monoisotopic (exact) mass is 505 g/mol. The van der Waals surface area contributed by atoms with Crippen LogP contribution >= 0.6 is 11.6 Å². The standard InChI is InChI=1S/C23H18ClF2N3O4S/c1-2-9-34(32,33)28-19-8-7-18(25)20(21(19)26)22(30)17-11-27-23-16(17)10-14(12-29(23)31)13-3-5-15(24)6-4-13/h3-8,10-12,28,31H,2,9H2,1H3. The summed E-state index contributed by atoms with van der Waals surface area (Å²) in [4.78, 5) is 17.2. The van der Waals surface area contributed by atoms with Crippen LogP contribution in [0.1, 0.15) is 29.3 Å². The lowest BCUT2D eigenvalue weighted by molar-refractivity contribution is 0.103. The van der Waals surface area contributed by atoms with E-state index in [1.807, 2.05) is 4.72 Å². The van der Waals surface area contributed by atoms with E-state index in [2.05, 4.69) is 4.98 Å². The number of halogens is 3. The van der Waals surface area contributed by atoms with Gasteiger partial charge in [0.2, 0.25) is 15.8 Å². The number of carbonyl (C=O) groups is 1. The number of carbonyl (C=O) groups excluding carboxylic acids is 1. The van der Waals surface area contributed by atoms with E-state index in [9.17, 15) is 22.8 Å². The van der Waals surface area contributed by atoms with Gasteiger partial charge in [0.15, 0.2) is 11.6 Å². The normalized spacial score (nSPS) is 11.6. The van der Waals surface area contributed by atoms with Crippen molar-refractivity contribution in [3.8, 4) is 22.5 Å². The lowest BCUT2D eigenvalue weighted by atomic mass is 9.97. The van der Waals surface area contributed by atoms with Crippen molar-refractivity contribution in [3.63, 3.8) is 0 Å². The van der Waals surface area contributed by atoms with Crippen LogP contribution in [-0.4, -0.2) is 34.9 Å². The molecule has 0 radical (unpaired) electrons. The van der Waals surface area contributed by atoms with Crippen LogP contribution in [0.2, 0.25) is 5.02 Å². The number of fused-ring (bicyclic) bond motifs is 1. The smallest absolute Gasteiger partial charge is 0.232 e. The molecule has 2 N–H and O–H groups in total. The average Bonchev–Trinajstić information content (AvgIpc) is 3.21. The van der Waals surface area contributed by atoms with Crippen molar-refractivity contribution in [1.29, 1.82) is 0 Å². The Labute approximate surface area is 199 Å². The molecule has 2 aromatic rings. The quantitative estimate of drug-likeness (QED) is 0.265. The Balaban J connectivity index is 1.80. The molecule has 11 heteroatoms. The van der Waals surface area contributed by atoms with Crippen LogP contribution < -0.4 is 4.72 Å². The molecule has 0 spiro atoms. The number of nitrogens with one attached hydrogen (secondary N) is 1. The Hall–Kier alpha value is -3.50. The molecule has 34 heavy (non-hydrogen) atoms. The number of aromatic nitrogens is 2. The van der Waals surface area contributed by atoms with Crippen LogP contribution in [0.5, 0.6) is 0 Å². The molecule has 0 fully saturated rings. The number of sulfonamides is 1. The Kier molecular flexibility index (Phi) is 6.28. The lowest BCUT2D eigenvalue weighted by Gasteiger charge is -2.13. The molecule has 0 atom stereocenters. The molecule has 2 aliphatic rings. The maximum atomic E-state index is 15.1. The van der Waals surface area contributed by atoms with E-state index in [0.717, 1.165) is 18.3 Å². The predicted molar refractivity (Wildman–Crippen MR) is 124 cm³/mol. The maximum absolute atomic E-state index is 15.1. The van der Waals surface area contributed by atoms with Crippen LogP contribution in [0.3, 0.4) is 0 Å². The van der Waals surface area contributed by atoms with Crippen LogP contribution in [0.4, 0.5) is 14.5 Å². The molecule has 2 aliphatic heterocycles. The summed E-state index contributed by atoms with van der Waals surface area (Å²) in [7, 11) is -3.88. The Morgan fingerprint density at radius 1 is 1.15 bits per heavy atom. The summed E-state index contributed by atoms with van der Waals surface area (Å²) in [6.45, 7) is 1.63. The highest BCUT2D eigenvalue weighted by molar-refractivity contribution is 7.92. The zero-order valence-corrected chi connectivity index (χ0v) is 19.3. The first-order valence-corrected chi connectivity index (χ1v) is 12.1. The van der Waals surface area contributed by atoms with Crippen molar-refractivity contribution in [1.82, 2.24) is 9.71 Å². The molecule has 4 rings (SSSR count). The van der Waals surface area contributed by atoms with E-state index in [-0.39, 0.29) is 29.1 Å². The molecule has 7 nitrogen and oxygen atoms in total. The van der Waals surface area contributed by atoms with Crippen molar-refractivity contribution in [2.45, 2.75) is 13.3 Å². The van der Waals surface area contributed by atoms with E-state index in [1.165, 1.54) is 6.20 Å². The van der Waals surface area contributed by atoms with Gasteiger partial charge >= 0.3 is 0 Å². The summed E-state index contributed by atoms with van der Waals surface area (Å²) in [6.07, 6.45) is 2.75. The van der Waals surface area contributed by atoms with Gasteiger partial charge in [-0.05, 0) is 42.3 Å². The Morgan fingerprint density at radius 3 is 2.53 bits per heavy atom. The Morgan fingerprint density at radius 2 is 1.85 bits per heavy atom. The van der Waals surface area contributed by atoms with Crippen molar-refractivity contribution >= 4 is 33.1 Å².